The van der Waals surface area contributed by atoms with E-state index in [4.69, 9.17) is 4.74 Å². The maximum absolute atomic E-state index is 10.7. The van der Waals surface area contributed by atoms with Gasteiger partial charge in [-0.1, -0.05) is 128 Å². The average Bonchev–Trinajstić information content (AvgIpc) is 2.98. The highest BCUT2D eigenvalue weighted by Crippen LogP contribution is 2.09. The van der Waals surface area contributed by atoms with Gasteiger partial charge in [0.1, 0.15) is 6.15 Å². The van der Waals surface area contributed by atoms with Gasteiger partial charge in [-0.15, -0.1) is 0 Å². The van der Waals surface area contributed by atoms with Gasteiger partial charge >= 0.3 is 5.97 Å². The maximum atomic E-state index is 10.7. The molecule has 0 aliphatic carbocycles. The molecule has 0 N–H and O–H groups in total. The Bertz CT molecular complexity index is 1080. The highest BCUT2D eigenvalue weighted by Gasteiger charge is 2.31. The molecule has 0 aromatic heterocycles. The van der Waals surface area contributed by atoms with Crippen molar-refractivity contribution >= 4 is 34.0 Å². The molecule has 4 heteroatoms. The van der Waals surface area contributed by atoms with E-state index in [1.54, 1.807) is 0 Å². The summed E-state index contributed by atoms with van der Waals surface area (Å²) < 4.78 is 5.83. The molecule has 38 heavy (non-hydrogen) atoms. The van der Waals surface area contributed by atoms with Crippen molar-refractivity contribution in [3.8, 4) is 0 Å². The second-order valence-electron chi connectivity index (χ2n) is 10.2. The molecule has 0 saturated heterocycles. The van der Waals surface area contributed by atoms with Crippen LogP contribution in [0.4, 0.5) is 0 Å². The lowest BCUT2D eigenvalue weighted by Crippen LogP contribution is -2.74. The Hall–Kier alpha value is -3.89. The minimum atomic E-state index is -1.22. The SMILES string of the molecule is C=CC(=O)OCCC[N+](C)(C)CC.c1ccc([B-](c2ccccc2)(c2ccccc2)c2ccccc2)cc1. The van der Waals surface area contributed by atoms with Crippen molar-refractivity contribution in [2.24, 2.45) is 0 Å². The van der Waals surface area contributed by atoms with Crippen molar-refractivity contribution in [3.63, 3.8) is 0 Å². The Morgan fingerprint density at radius 1 is 0.711 bits per heavy atom. The molecule has 0 aliphatic rings. The largest absolute Gasteiger partial charge is 0.462 e. The van der Waals surface area contributed by atoms with Crippen molar-refractivity contribution in [1.82, 2.24) is 0 Å². The van der Waals surface area contributed by atoms with Gasteiger partial charge in [-0.05, 0) is 6.92 Å². The van der Waals surface area contributed by atoms with Gasteiger partial charge in [-0.25, -0.2) is 4.79 Å². The first-order chi connectivity index (χ1) is 18.4. The lowest BCUT2D eigenvalue weighted by Gasteiger charge is -2.44. The summed E-state index contributed by atoms with van der Waals surface area (Å²) >= 11 is 0. The first kappa shape index (κ1) is 28.7. The first-order valence-corrected chi connectivity index (χ1v) is 13.4. The van der Waals surface area contributed by atoms with E-state index in [2.05, 4.69) is 149 Å². The van der Waals surface area contributed by atoms with Crippen LogP contribution in [0.5, 0.6) is 0 Å². The van der Waals surface area contributed by atoms with E-state index in [-0.39, 0.29) is 5.97 Å². The van der Waals surface area contributed by atoms with E-state index in [9.17, 15) is 4.79 Å². The van der Waals surface area contributed by atoms with E-state index < -0.39 is 6.15 Å². The summed E-state index contributed by atoms with van der Waals surface area (Å²) in [6.45, 7) is 8.09. The summed E-state index contributed by atoms with van der Waals surface area (Å²) in [6.07, 6.45) is 0.882. The molecule has 4 aromatic carbocycles. The molecule has 0 atom stereocenters. The number of benzene rings is 4. The third-order valence-corrected chi connectivity index (χ3v) is 7.37. The van der Waals surface area contributed by atoms with Gasteiger partial charge in [0.05, 0.1) is 33.8 Å². The van der Waals surface area contributed by atoms with E-state index in [1.807, 2.05) is 0 Å². The summed E-state index contributed by atoms with van der Waals surface area (Å²) in [5, 5.41) is 0. The molecule has 0 spiro atoms. The number of ether oxygens (including phenoxy) is 1. The lowest BCUT2D eigenvalue weighted by molar-refractivity contribution is -0.888. The second kappa shape index (κ2) is 14.2. The zero-order valence-electron chi connectivity index (χ0n) is 23.0. The van der Waals surface area contributed by atoms with Gasteiger partial charge in [-0.3, -0.25) is 0 Å². The number of nitrogens with zero attached hydrogens (tertiary/aromatic N) is 1. The molecule has 0 fully saturated rings. The highest BCUT2D eigenvalue weighted by molar-refractivity contribution is 7.19. The molecular weight excluding hydrogens is 465 g/mol. The number of esters is 1. The van der Waals surface area contributed by atoms with E-state index in [1.165, 1.54) is 27.9 Å². The standard InChI is InChI=1S/C24H20B.C10H20NO2/c1-5-13-21(14-6-1)25(22-15-7-2-8-16-22,23-17-9-3-10-18-23)24-19-11-4-12-20-24;1-5-10(12)13-9-7-8-11(3,4)6-2/h1-20H;5H,1,6-9H2,2-4H3/q-1;+1. The molecule has 4 rings (SSSR count). The Balaban J connectivity index is 0.000000263. The fourth-order valence-electron chi connectivity index (χ4n) is 5.00. The number of hydrogen-bond donors (Lipinski definition) is 0. The summed E-state index contributed by atoms with van der Waals surface area (Å²) in [4.78, 5) is 10.7. The first-order valence-electron chi connectivity index (χ1n) is 13.4. The summed E-state index contributed by atoms with van der Waals surface area (Å²) in [6, 6.07) is 43.5. The zero-order chi connectivity index (χ0) is 27.3. The smallest absolute Gasteiger partial charge is 0.330 e. The minimum Gasteiger partial charge on any atom is -0.462 e. The molecule has 0 amide bonds. The average molecular weight is 506 g/mol. The topological polar surface area (TPSA) is 26.3 Å². The van der Waals surface area contributed by atoms with Crippen LogP contribution in [0.15, 0.2) is 134 Å². The molecule has 0 aliphatic heterocycles. The van der Waals surface area contributed by atoms with Gasteiger partial charge in [0.25, 0.3) is 0 Å². The summed E-state index contributed by atoms with van der Waals surface area (Å²) in [7, 11) is 4.32. The molecule has 0 unspecified atom stereocenters. The van der Waals surface area contributed by atoms with Crippen molar-refractivity contribution in [2.75, 3.05) is 33.8 Å². The van der Waals surface area contributed by atoms with Crippen LogP contribution < -0.4 is 21.9 Å². The van der Waals surface area contributed by atoms with Crippen molar-refractivity contribution < 1.29 is 14.0 Å². The third-order valence-electron chi connectivity index (χ3n) is 7.37. The second-order valence-corrected chi connectivity index (χ2v) is 10.2. The van der Waals surface area contributed by atoms with Crippen LogP contribution in [-0.2, 0) is 9.53 Å². The van der Waals surface area contributed by atoms with Crippen molar-refractivity contribution in [1.29, 1.82) is 0 Å². The lowest BCUT2D eigenvalue weighted by atomic mass is 9.13. The number of carbonyl (C=O) groups is 1. The molecule has 4 aromatic rings. The van der Waals surface area contributed by atoms with Gasteiger partial charge in [-0.2, -0.15) is 21.9 Å². The highest BCUT2D eigenvalue weighted by atomic mass is 16.5. The molecular formula is C34H40BNO2. The van der Waals surface area contributed by atoms with Crippen molar-refractivity contribution in [3.05, 3.63) is 134 Å². The van der Waals surface area contributed by atoms with Gasteiger partial charge in [0, 0.05) is 12.5 Å². The predicted molar refractivity (Wildman–Crippen MR) is 163 cm³/mol. The summed E-state index contributed by atoms with van der Waals surface area (Å²) in [5.41, 5.74) is 5.36. The van der Waals surface area contributed by atoms with E-state index in [0.717, 1.165) is 24.0 Å². The van der Waals surface area contributed by atoms with E-state index >= 15 is 0 Å². The van der Waals surface area contributed by atoms with Crippen LogP contribution in [0.1, 0.15) is 13.3 Å². The minimum absolute atomic E-state index is 0.332. The number of quaternary nitrogens is 1. The van der Waals surface area contributed by atoms with Gasteiger partial charge < -0.3 is 9.22 Å². The summed E-state index contributed by atoms with van der Waals surface area (Å²) in [5.74, 6) is -0.332. The maximum Gasteiger partial charge on any atom is 0.330 e. The molecule has 0 heterocycles. The fourth-order valence-corrected chi connectivity index (χ4v) is 5.00. The molecule has 196 valence electrons. The Morgan fingerprint density at radius 3 is 1.34 bits per heavy atom. The Kier molecular flexibility index (Phi) is 10.7. The fraction of sp³-hybridized carbons (Fsp3) is 0.206. The van der Waals surface area contributed by atoms with Crippen LogP contribution in [0, 0.1) is 0 Å². The normalized spacial score (nSPS) is 11.1. The molecule has 0 radical (unpaired) electrons. The van der Waals surface area contributed by atoms with Crippen LogP contribution in [0.2, 0.25) is 0 Å². The third kappa shape index (κ3) is 7.33. The number of carbonyl (C=O) groups excluding carboxylic acids is 1. The Labute approximate surface area is 228 Å². The van der Waals surface area contributed by atoms with E-state index in [0.29, 0.717) is 6.61 Å². The van der Waals surface area contributed by atoms with Gasteiger partial charge in [0.2, 0.25) is 0 Å². The molecule has 0 saturated carbocycles. The van der Waals surface area contributed by atoms with Crippen LogP contribution in [0.3, 0.4) is 0 Å². The monoisotopic (exact) mass is 505 g/mol. The van der Waals surface area contributed by atoms with Gasteiger partial charge in [0.15, 0.2) is 0 Å². The quantitative estimate of drug-likeness (QED) is 0.106. The Morgan fingerprint density at radius 2 is 1.05 bits per heavy atom. The van der Waals surface area contributed by atoms with Crippen LogP contribution in [-0.4, -0.2) is 50.4 Å². The predicted octanol–water partition coefficient (Wildman–Crippen LogP) is 4.27. The number of rotatable bonds is 10. The molecule has 3 nitrogen and oxygen atoms in total. The van der Waals surface area contributed by atoms with Crippen LogP contribution in [0.25, 0.3) is 0 Å². The van der Waals surface area contributed by atoms with Crippen molar-refractivity contribution in [2.45, 2.75) is 13.3 Å². The zero-order valence-corrected chi connectivity index (χ0v) is 23.0. The molecule has 0 bridgehead atoms. The number of hydrogen-bond acceptors (Lipinski definition) is 2. The van der Waals surface area contributed by atoms with Crippen LogP contribution >= 0.6 is 0 Å².